The molecular weight excluding hydrogens is 508 g/mol. The summed E-state index contributed by atoms with van der Waals surface area (Å²) in [6.45, 7) is 0. The first-order valence-electron chi connectivity index (χ1n) is 12.4. The Labute approximate surface area is 226 Å². The molecule has 0 saturated heterocycles. The molecule has 10 heteroatoms. The van der Waals surface area contributed by atoms with Crippen LogP contribution in [0, 0.1) is 0 Å². The fourth-order valence-electron chi connectivity index (χ4n) is 4.68. The highest BCUT2D eigenvalue weighted by Crippen LogP contribution is 2.32. The number of H-pyrrole nitrogens is 2. The minimum absolute atomic E-state index is 0.484. The van der Waals surface area contributed by atoms with Gasteiger partial charge in [-0.15, -0.1) is 0 Å². The van der Waals surface area contributed by atoms with Gasteiger partial charge in [0.1, 0.15) is 11.9 Å². The second kappa shape index (κ2) is 9.75. The number of rotatable bonds is 7. The minimum atomic E-state index is -0.744. The molecule has 0 saturated carbocycles. The molecule has 0 fully saturated rings. The molecule has 0 aliphatic carbocycles. The van der Waals surface area contributed by atoms with Crippen molar-refractivity contribution in [1.82, 2.24) is 35.1 Å². The first kappa shape index (κ1) is 23.2. The van der Waals surface area contributed by atoms with Gasteiger partial charge in [-0.2, -0.15) is 16.4 Å². The van der Waals surface area contributed by atoms with Gasteiger partial charge in [-0.3, -0.25) is 10.1 Å². The molecule has 1 aromatic carbocycles. The number of imidazole rings is 1. The molecule has 0 aliphatic heterocycles. The van der Waals surface area contributed by atoms with Crippen LogP contribution in [0.1, 0.15) is 5.56 Å². The van der Waals surface area contributed by atoms with Gasteiger partial charge < -0.3 is 15.4 Å². The number of anilines is 1. The number of fused-ring (bicyclic) bond motifs is 2. The van der Waals surface area contributed by atoms with Crippen LogP contribution in [0.25, 0.3) is 56.0 Å². The van der Waals surface area contributed by atoms with Gasteiger partial charge in [0.05, 0.1) is 22.8 Å². The summed E-state index contributed by atoms with van der Waals surface area (Å²) in [6, 6.07) is 17.9. The summed E-state index contributed by atoms with van der Waals surface area (Å²) >= 11 is 1.65. The molecule has 1 atom stereocenters. The van der Waals surface area contributed by atoms with Crippen LogP contribution >= 0.6 is 11.3 Å². The average Bonchev–Trinajstić information content (AvgIpc) is 3.73. The fourth-order valence-corrected chi connectivity index (χ4v) is 5.34. The van der Waals surface area contributed by atoms with Gasteiger partial charge in [-0.25, -0.2) is 15.0 Å². The number of aliphatic hydroxyl groups excluding tert-OH is 1. The molecule has 7 aromatic rings. The van der Waals surface area contributed by atoms with Gasteiger partial charge in [0.2, 0.25) is 0 Å². The van der Waals surface area contributed by atoms with E-state index in [2.05, 4.69) is 52.3 Å². The molecule has 6 aromatic heterocycles. The lowest BCUT2D eigenvalue weighted by Gasteiger charge is -2.14. The van der Waals surface area contributed by atoms with Gasteiger partial charge in [0.25, 0.3) is 0 Å². The van der Waals surface area contributed by atoms with E-state index >= 15 is 0 Å². The van der Waals surface area contributed by atoms with E-state index in [4.69, 9.17) is 4.98 Å². The molecule has 4 N–H and O–H groups in total. The van der Waals surface area contributed by atoms with E-state index < -0.39 is 6.23 Å². The van der Waals surface area contributed by atoms with Crippen molar-refractivity contribution in [2.45, 2.75) is 12.6 Å². The Balaban J connectivity index is 1.21. The Morgan fingerprint density at radius 1 is 0.923 bits per heavy atom. The molecule has 0 bridgehead atoms. The average molecular weight is 531 g/mol. The lowest BCUT2D eigenvalue weighted by molar-refractivity contribution is 0.204. The monoisotopic (exact) mass is 530 g/mol. The summed E-state index contributed by atoms with van der Waals surface area (Å²) in [5, 5.41) is 26.2. The topological polar surface area (TPSA) is 128 Å². The van der Waals surface area contributed by atoms with Crippen molar-refractivity contribution in [2.24, 2.45) is 0 Å². The number of hydrogen-bond donors (Lipinski definition) is 4. The lowest BCUT2D eigenvalue weighted by atomic mass is 10.1. The van der Waals surface area contributed by atoms with Gasteiger partial charge in [-0.05, 0) is 46.2 Å². The predicted molar refractivity (Wildman–Crippen MR) is 153 cm³/mol. The number of nitrogens with one attached hydrogen (secondary N) is 3. The maximum atomic E-state index is 10.6. The Hall–Kier alpha value is -4.93. The third kappa shape index (κ3) is 4.52. The normalized spacial score (nSPS) is 12.2. The van der Waals surface area contributed by atoms with Crippen molar-refractivity contribution in [3.8, 4) is 33.8 Å². The van der Waals surface area contributed by atoms with Crippen molar-refractivity contribution in [3.05, 3.63) is 95.7 Å². The van der Waals surface area contributed by atoms with Gasteiger partial charge >= 0.3 is 0 Å². The first-order chi connectivity index (χ1) is 19.2. The Morgan fingerprint density at radius 3 is 2.69 bits per heavy atom. The molecule has 39 heavy (non-hydrogen) atoms. The Bertz CT molecular complexity index is 1900. The molecule has 190 valence electrons. The lowest BCUT2D eigenvalue weighted by Crippen LogP contribution is -2.21. The second-order valence-electron chi connectivity index (χ2n) is 9.16. The Morgan fingerprint density at radius 2 is 1.82 bits per heavy atom. The molecule has 0 aliphatic rings. The fraction of sp³-hybridized carbons (Fsp3) is 0.0690. The predicted octanol–water partition coefficient (Wildman–Crippen LogP) is 5.66. The van der Waals surface area contributed by atoms with Crippen molar-refractivity contribution in [2.75, 3.05) is 5.32 Å². The number of aromatic amines is 2. The molecule has 6 heterocycles. The van der Waals surface area contributed by atoms with E-state index in [0.29, 0.717) is 29.2 Å². The maximum Gasteiger partial charge on any atom is 0.181 e. The number of thiophene rings is 1. The number of hydrogen-bond acceptors (Lipinski definition) is 8. The maximum absolute atomic E-state index is 10.6. The van der Waals surface area contributed by atoms with Crippen molar-refractivity contribution in [1.29, 1.82) is 0 Å². The van der Waals surface area contributed by atoms with E-state index in [-0.39, 0.29) is 0 Å². The van der Waals surface area contributed by atoms with Crippen molar-refractivity contribution < 1.29 is 5.11 Å². The zero-order valence-corrected chi connectivity index (χ0v) is 21.4. The third-order valence-electron chi connectivity index (χ3n) is 6.55. The van der Waals surface area contributed by atoms with Crippen LogP contribution < -0.4 is 5.32 Å². The highest BCUT2D eigenvalue weighted by molar-refractivity contribution is 7.08. The number of benzene rings is 1. The van der Waals surface area contributed by atoms with Gasteiger partial charge in [0, 0.05) is 41.7 Å². The van der Waals surface area contributed by atoms with Crippen LogP contribution in [-0.4, -0.2) is 46.5 Å². The van der Waals surface area contributed by atoms with E-state index in [1.807, 2.05) is 48.5 Å². The van der Waals surface area contributed by atoms with Crippen molar-refractivity contribution in [3.63, 3.8) is 0 Å². The number of aliphatic hydroxyl groups is 1. The summed E-state index contributed by atoms with van der Waals surface area (Å²) in [5.41, 5.74) is 8.48. The number of nitrogens with zero attached hydrogens (tertiary/aromatic N) is 5. The number of aromatic nitrogens is 7. The van der Waals surface area contributed by atoms with Crippen LogP contribution in [0.5, 0.6) is 0 Å². The second-order valence-corrected chi connectivity index (χ2v) is 9.94. The summed E-state index contributed by atoms with van der Waals surface area (Å²) in [5.74, 6) is 0.638. The van der Waals surface area contributed by atoms with Crippen LogP contribution in [0.15, 0.2) is 90.1 Å². The van der Waals surface area contributed by atoms with E-state index in [1.54, 1.807) is 36.1 Å². The summed E-state index contributed by atoms with van der Waals surface area (Å²) in [6.07, 6.45) is 6.75. The van der Waals surface area contributed by atoms with E-state index in [9.17, 15) is 5.11 Å². The quantitative estimate of drug-likeness (QED) is 0.196. The zero-order chi connectivity index (χ0) is 26.2. The minimum Gasteiger partial charge on any atom is -0.373 e. The van der Waals surface area contributed by atoms with Crippen molar-refractivity contribution >= 4 is 39.2 Å². The molecular formula is C29H22N8OS. The number of pyridine rings is 3. The summed E-state index contributed by atoms with van der Waals surface area (Å²) in [4.78, 5) is 21.6. The first-order valence-corrected chi connectivity index (χ1v) is 13.3. The molecule has 7 rings (SSSR count). The highest BCUT2D eigenvalue weighted by Gasteiger charge is 2.17. The molecule has 1 unspecified atom stereocenters. The molecule has 0 spiro atoms. The molecule has 9 nitrogen and oxygen atoms in total. The molecule has 0 amide bonds. The van der Waals surface area contributed by atoms with E-state index in [1.165, 1.54) is 0 Å². The van der Waals surface area contributed by atoms with Crippen LogP contribution in [0.2, 0.25) is 0 Å². The van der Waals surface area contributed by atoms with Crippen LogP contribution in [0.4, 0.5) is 5.69 Å². The third-order valence-corrected chi connectivity index (χ3v) is 7.23. The largest absolute Gasteiger partial charge is 0.373 e. The van der Waals surface area contributed by atoms with Crippen LogP contribution in [-0.2, 0) is 6.42 Å². The summed E-state index contributed by atoms with van der Waals surface area (Å²) in [7, 11) is 0. The van der Waals surface area contributed by atoms with E-state index in [0.717, 1.165) is 44.4 Å². The van der Waals surface area contributed by atoms with Crippen LogP contribution in [0.3, 0.4) is 0 Å². The molecule has 0 radical (unpaired) electrons. The zero-order valence-electron chi connectivity index (χ0n) is 20.5. The van der Waals surface area contributed by atoms with Gasteiger partial charge in [0.15, 0.2) is 17.1 Å². The standard InChI is InChI=1S/C29H22N8OS/c38-24(10-17-4-2-1-3-5-17)33-21-11-19(13-30-15-21)20-12-23-26(36-37-27(23)32-14-20)29-34-25-22(18-7-9-39-16-18)6-8-31-28(25)35-29/h1-9,11-16,24,33,38H,10H2,(H,31,34,35)(H,32,36,37). The smallest absolute Gasteiger partial charge is 0.181 e. The highest BCUT2D eigenvalue weighted by atomic mass is 32.1. The SMILES string of the molecule is OC(Cc1ccccc1)Nc1cncc(-c2cnc3n[nH]c(-c4nc5nccc(-c6ccsc6)c5[nH]4)c3c2)c1. The van der Waals surface area contributed by atoms with Gasteiger partial charge in [-0.1, -0.05) is 30.3 Å². The summed E-state index contributed by atoms with van der Waals surface area (Å²) < 4.78 is 0. The Kier molecular flexibility index (Phi) is 5.80.